The predicted octanol–water partition coefficient (Wildman–Crippen LogP) is 1.78. The Morgan fingerprint density at radius 2 is 2.17 bits per heavy atom. The van der Waals surface area contributed by atoms with E-state index in [1.165, 1.54) is 18.2 Å². The Balaban J connectivity index is 2.14. The van der Waals surface area contributed by atoms with Crippen LogP contribution in [0, 0.1) is 5.92 Å². The first-order valence-electron chi connectivity index (χ1n) is 5.53. The SMILES string of the molecule is O=C(O)c1ccc(O)c(NC(=O)C2CCSC2)c1. The Labute approximate surface area is 108 Å². The Bertz CT molecular complexity index is 483. The van der Waals surface area contributed by atoms with Crippen LogP contribution < -0.4 is 5.32 Å². The van der Waals surface area contributed by atoms with Gasteiger partial charge in [0.1, 0.15) is 5.75 Å². The average molecular weight is 267 g/mol. The van der Waals surface area contributed by atoms with E-state index in [4.69, 9.17) is 5.11 Å². The van der Waals surface area contributed by atoms with Crippen LogP contribution in [0.15, 0.2) is 18.2 Å². The summed E-state index contributed by atoms with van der Waals surface area (Å²) < 4.78 is 0. The van der Waals surface area contributed by atoms with Crippen molar-refractivity contribution >= 4 is 29.3 Å². The van der Waals surface area contributed by atoms with E-state index in [-0.39, 0.29) is 28.8 Å². The highest BCUT2D eigenvalue weighted by atomic mass is 32.2. The molecule has 6 heteroatoms. The number of anilines is 1. The number of carbonyl (C=O) groups is 2. The molecule has 0 radical (unpaired) electrons. The molecule has 5 nitrogen and oxygen atoms in total. The van der Waals surface area contributed by atoms with Crippen LogP contribution in [0.1, 0.15) is 16.8 Å². The Hall–Kier alpha value is -1.69. The lowest BCUT2D eigenvalue weighted by molar-refractivity contribution is -0.119. The molecular formula is C12H13NO4S. The number of aromatic hydroxyl groups is 1. The van der Waals surface area contributed by atoms with E-state index in [0.717, 1.165) is 17.9 Å². The van der Waals surface area contributed by atoms with Gasteiger partial charge in [-0.2, -0.15) is 11.8 Å². The lowest BCUT2D eigenvalue weighted by Gasteiger charge is -2.11. The standard InChI is InChI=1S/C12H13NO4S/c14-10-2-1-7(12(16)17)5-9(10)13-11(15)8-3-4-18-6-8/h1-2,5,8,14H,3-4,6H2,(H,13,15)(H,16,17). The van der Waals surface area contributed by atoms with Crippen molar-refractivity contribution in [1.29, 1.82) is 0 Å². The van der Waals surface area contributed by atoms with Crippen molar-refractivity contribution in [2.45, 2.75) is 6.42 Å². The molecule has 1 fully saturated rings. The molecule has 1 saturated heterocycles. The summed E-state index contributed by atoms with van der Waals surface area (Å²) in [5.74, 6) is 0.270. The van der Waals surface area contributed by atoms with Crippen molar-refractivity contribution in [3.63, 3.8) is 0 Å². The molecule has 1 atom stereocenters. The molecule has 0 saturated carbocycles. The fraction of sp³-hybridized carbons (Fsp3) is 0.333. The van der Waals surface area contributed by atoms with Crippen LogP contribution in [0.25, 0.3) is 0 Å². The summed E-state index contributed by atoms with van der Waals surface area (Å²) in [6, 6.07) is 3.82. The summed E-state index contributed by atoms with van der Waals surface area (Å²) in [6.07, 6.45) is 0.815. The normalized spacial score (nSPS) is 18.6. The predicted molar refractivity (Wildman–Crippen MR) is 69.1 cm³/mol. The first-order chi connectivity index (χ1) is 8.58. The summed E-state index contributed by atoms with van der Waals surface area (Å²) in [5.41, 5.74) is 0.181. The number of nitrogens with one attached hydrogen (secondary N) is 1. The average Bonchev–Trinajstić information content (AvgIpc) is 2.85. The number of phenolic OH excluding ortho intramolecular Hbond substituents is 1. The molecule has 0 bridgehead atoms. The molecule has 1 aromatic rings. The third-order valence-corrected chi connectivity index (χ3v) is 3.96. The molecule has 3 N–H and O–H groups in total. The Morgan fingerprint density at radius 1 is 1.39 bits per heavy atom. The highest BCUT2D eigenvalue weighted by Gasteiger charge is 2.24. The monoisotopic (exact) mass is 267 g/mol. The molecule has 0 spiro atoms. The van der Waals surface area contributed by atoms with E-state index in [2.05, 4.69) is 5.32 Å². The molecule has 96 valence electrons. The van der Waals surface area contributed by atoms with Gasteiger partial charge in [0.2, 0.25) is 5.91 Å². The minimum Gasteiger partial charge on any atom is -0.506 e. The number of amides is 1. The van der Waals surface area contributed by atoms with E-state index >= 15 is 0 Å². The molecule has 1 aromatic carbocycles. The number of hydrogen-bond acceptors (Lipinski definition) is 4. The Morgan fingerprint density at radius 3 is 2.78 bits per heavy atom. The third kappa shape index (κ3) is 2.76. The van der Waals surface area contributed by atoms with E-state index in [9.17, 15) is 14.7 Å². The van der Waals surface area contributed by atoms with Gasteiger partial charge in [0.25, 0.3) is 0 Å². The van der Waals surface area contributed by atoms with Gasteiger partial charge in [-0.25, -0.2) is 4.79 Å². The van der Waals surface area contributed by atoms with Gasteiger partial charge in [0.15, 0.2) is 0 Å². The van der Waals surface area contributed by atoms with Gasteiger partial charge >= 0.3 is 5.97 Å². The fourth-order valence-corrected chi connectivity index (χ4v) is 2.97. The number of rotatable bonds is 3. The van der Waals surface area contributed by atoms with Gasteiger partial charge in [-0.1, -0.05) is 0 Å². The van der Waals surface area contributed by atoms with Gasteiger partial charge in [0, 0.05) is 11.7 Å². The van der Waals surface area contributed by atoms with Crippen LogP contribution in [0.4, 0.5) is 5.69 Å². The number of benzene rings is 1. The first kappa shape index (κ1) is 12.8. The summed E-state index contributed by atoms with van der Waals surface area (Å²) in [5, 5.41) is 21.0. The quantitative estimate of drug-likeness (QED) is 0.727. The summed E-state index contributed by atoms with van der Waals surface area (Å²) in [4.78, 5) is 22.7. The zero-order valence-electron chi connectivity index (χ0n) is 9.55. The molecule has 2 rings (SSSR count). The number of carboxylic acid groups (broad SMARTS) is 1. The highest BCUT2D eigenvalue weighted by Crippen LogP contribution is 2.28. The zero-order valence-corrected chi connectivity index (χ0v) is 10.4. The number of aromatic carboxylic acids is 1. The lowest BCUT2D eigenvalue weighted by Crippen LogP contribution is -2.22. The molecule has 18 heavy (non-hydrogen) atoms. The molecular weight excluding hydrogens is 254 g/mol. The lowest BCUT2D eigenvalue weighted by atomic mass is 10.1. The van der Waals surface area contributed by atoms with Crippen LogP contribution in [-0.2, 0) is 4.79 Å². The van der Waals surface area contributed by atoms with Crippen LogP contribution in [-0.4, -0.2) is 33.6 Å². The van der Waals surface area contributed by atoms with Gasteiger partial charge in [-0.05, 0) is 30.4 Å². The van der Waals surface area contributed by atoms with Crippen molar-refractivity contribution in [2.75, 3.05) is 16.8 Å². The molecule has 1 aliphatic heterocycles. The van der Waals surface area contributed by atoms with Crippen LogP contribution >= 0.6 is 11.8 Å². The molecule has 1 heterocycles. The number of hydrogen-bond donors (Lipinski definition) is 3. The van der Waals surface area contributed by atoms with E-state index in [1.807, 2.05) is 0 Å². The van der Waals surface area contributed by atoms with Crippen molar-refractivity contribution in [2.24, 2.45) is 5.92 Å². The summed E-state index contributed by atoms with van der Waals surface area (Å²) >= 11 is 1.72. The fourth-order valence-electron chi connectivity index (χ4n) is 1.75. The van der Waals surface area contributed by atoms with E-state index < -0.39 is 5.97 Å². The first-order valence-corrected chi connectivity index (χ1v) is 6.68. The third-order valence-electron chi connectivity index (χ3n) is 2.80. The Kier molecular flexibility index (Phi) is 3.76. The number of carbonyl (C=O) groups excluding carboxylic acids is 1. The topological polar surface area (TPSA) is 86.6 Å². The van der Waals surface area contributed by atoms with E-state index in [0.29, 0.717) is 0 Å². The van der Waals surface area contributed by atoms with Gasteiger partial charge < -0.3 is 15.5 Å². The van der Waals surface area contributed by atoms with Gasteiger partial charge in [-0.3, -0.25) is 4.79 Å². The molecule has 1 aliphatic rings. The van der Waals surface area contributed by atoms with Crippen molar-refractivity contribution in [1.82, 2.24) is 0 Å². The molecule has 1 unspecified atom stereocenters. The second kappa shape index (κ2) is 5.30. The molecule has 0 aliphatic carbocycles. The van der Waals surface area contributed by atoms with Gasteiger partial charge in [-0.15, -0.1) is 0 Å². The van der Waals surface area contributed by atoms with Crippen molar-refractivity contribution in [3.8, 4) is 5.75 Å². The second-order valence-electron chi connectivity index (χ2n) is 4.09. The maximum atomic E-state index is 11.9. The largest absolute Gasteiger partial charge is 0.506 e. The van der Waals surface area contributed by atoms with Crippen LogP contribution in [0.2, 0.25) is 0 Å². The van der Waals surface area contributed by atoms with Crippen molar-refractivity contribution < 1.29 is 19.8 Å². The minimum atomic E-state index is -1.10. The number of thioether (sulfide) groups is 1. The maximum absolute atomic E-state index is 11.9. The van der Waals surface area contributed by atoms with Gasteiger partial charge in [0.05, 0.1) is 11.3 Å². The second-order valence-corrected chi connectivity index (χ2v) is 5.24. The van der Waals surface area contributed by atoms with Crippen molar-refractivity contribution in [3.05, 3.63) is 23.8 Å². The minimum absolute atomic E-state index is 0.0314. The maximum Gasteiger partial charge on any atom is 0.335 e. The summed E-state index contributed by atoms with van der Waals surface area (Å²) in [7, 11) is 0. The molecule has 0 aromatic heterocycles. The van der Waals surface area contributed by atoms with Crippen LogP contribution in [0.5, 0.6) is 5.75 Å². The number of carboxylic acids is 1. The molecule has 1 amide bonds. The number of phenols is 1. The van der Waals surface area contributed by atoms with Crippen LogP contribution in [0.3, 0.4) is 0 Å². The van der Waals surface area contributed by atoms with E-state index in [1.54, 1.807) is 11.8 Å². The highest BCUT2D eigenvalue weighted by molar-refractivity contribution is 7.99. The summed E-state index contributed by atoms with van der Waals surface area (Å²) in [6.45, 7) is 0. The smallest absolute Gasteiger partial charge is 0.335 e. The zero-order chi connectivity index (χ0) is 13.1.